The van der Waals surface area contributed by atoms with Gasteiger partial charge in [-0.15, -0.1) is 0 Å². The number of imidazole rings is 1. The summed E-state index contributed by atoms with van der Waals surface area (Å²) in [6.07, 6.45) is 3.97. The van der Waals surface area contributed by atoms with Crippen molar-refractivity contribution in [1.82, 2.24) is 9.55 Å². The second kappa shape index (κ2) is 4.13. The second-order valence-corrected chi connectivity index (χ2v) is 4.09. The third kappa shape index (κ3) is 1.88. The highest BCUT2D eigenvalue weighted by Gasteiger charge is 2.40. The van der Waals surface area contributed by atoms with Gasteiger partial charge in [0.05, 0.1) is 5.41 Å². The normalized spacial score (nSPS) is 19.5. The molecule has 0 aliphatic carbocycles. The van der Waals surface area contributed by atoms with Crippen molar-refractivity contribution in [1.29, 1.82) is 0 Å². The number of aliphatic carboxylic acids is 1. The molecule has 2 rings (SSSR count). The number of carbonyl (C=O) groups is 1. The number of ether oxygens (including phenoxy) is 1. The number of hydrogen-bond acceptors (Lipinski definition) is 3. The summed E-state index contributed by atoms with van der Waals surface area (Å²) in [6, 6.07) is 0. The molecule has 1 aromatic heterocycles. The van der Waals surface area contributed by atoms with Crippen LogP contribution in [0.15, 0.2) is 17.2 Å². The lowest BCUT2D eigenvalue weighted by atomic mass is 9.80. The molecule has 0 unspecified atom stereocenters. The average molecular weight is 226 g/mol. The molecule has 2 N–H and O–H groups in total. The van der Waals surface area contributed by atoms with Crippen LogP contribution in [0.1, 0.15) is 12.8 Å². The Morgan fingerprint density at radius 2 is 2.25 bits per heavy atom. The summed E-state index contributed by atoms with van der Waals surface area (Å²) in [5.41, 5.74) is -1.14. The van der Waals surface area contributed by atoms with E-state index in [0.29, 0.717) is 26.1 Å². The molecule has 0 spiro atoms. The van der Waals surface area contributed by atoms with Crippen LogP contribution in [0, 0.1) is 5.41 Å². The van der Waals surface area contributed by atoms with Crippen LogP contribution < -0.4 is 5.69 Å². The molecule has 1 aromatic rings. The molecule has 0 bridgehead atoms. The van der Waals surface area contributed by atoms with E-state index >= 15 is 0 Å². The van der Waals surface area contributed by atoms with Crippen molar-refractivity contribution < 1.29 is 14.6 Å². The summed E-state index contributed by atoms with van der Waals surface area (Å²) in [7, 11) is 0. The molecule has 1 saturated heterocycles. The molecule has 1 aliphatic heterocycles. The van der Waals surface area contributed by atoms with Crippen molar-refractivity contribution in [2.45, 2.75) is 19.4 Å². The van der Waals surface area contributed by atoms with E-state index in [9.17, 15) is 14.7 Å². The fraction of sp³-hybridized carbons (Fsp3) is 0.600. The van der Waals surface area contributed by atoms with Gasteiger partial charge in [-0.3, -0.25) is 9.36 Å². The van der Waals surface area contributed by atoms with E-state index in [1.165, 1.54) is 10.8 Å². The zero-order valence-corrected chi connectivity index (χ0v) is 8.81. The van der Waals surface area contributed by atoms with Crippen LogP contribution in [-0.2, 0) is 16.1 Å². The topological polar surface area (TPSA) is 84.3 Å². The molecular weight excluding hydrogens is 212 g/mol. The van der Waals surface area contributed by atoms with Gasteiger partial charge in [0.2, 0.25) is 0 Å². The van der Waals surface area contributed by atoms with Crippen molar-refractivity contribution in [3.63, 3.8) is 0 Å². The van der Waals surface area contributed by atoms with Crippen LogP contribution >= 0.6 is 0 Å². The van der Waals surface area contributed by atoms with Gasteiger partial charge in [0.1, 0.15) is 0 Å². The number of carboxylic acids is 1. The molecule has 1 aliphatic rings. The number of rotatable bonds is 3. The van der Waals surface area contributed by atoms with E-state index in [1.54, 1.807) is 6.20 Å². The Morgan fingerprint density at radius 3 is 2.75 bits per heavy atom. The second-order valence-electron chi connectivity index (χ2n) is 4.09. The number of nitrogens with one attached hydrogen (secondary N) is 1. The van der Waals surface area contributed by atoms with Gasteiger partial charge in [-0.25, -0.2) is 4.79 Å². The maximum atomic E-state index is 11.3. The average Bonchev–Trinajstić information content (AvgIpc) is 2.65. The smallest absolute Gasteiger partial charge is 0.325 e. The van der Waals surface area contributed by atoms with Gasteiger partial charge < -0.3 is 14.8 Å². The summed E-state index contributed by atoms with van der Waals surface area (Å²) >= 11 is 0. The van der Waals surface area contributed by atoms with Crippen molar-refractivity contribution in [3.8, 4) is 0 Å². The quantitative estimate of drug-likeness (QED) is 0.763. The van der Waals surface area contributed by atoms with Crippen molar-refractivity contribution >= 4 is 5.97 Å². The Hall–Kier alpha value is -1.56. The monoisotopic (exact) mass is 226 g/mol. The first-order valence-electron chi connectivity index (χ1n) is 5.19. The lowest BCUT2D eigenvalue weighted by molar-refractivity contribution is -0.156. The molecule has 0 saturated carbocycles. The zero-order valence-electron chi connectivity index (χ0n) is 8.81. The number of nitrogens with zero attached hydrogens (tertiary/aromatic N) is 1. The van der Waals surface area contributed by atoms with E-state index < -0.39 is 11.4 Å². The fourth-order valence-corrected chi connectivity index (χ4v) is 2.00. The summed E-state index contributed by atoms with van der Waals surface area (Å²) in [5, 5.41) is 9.30. The first-order chi connectivity index (χ1) is 7.64. The number of aromatic nitrogens is 2. The van der Waals surface area contributed by atoms with Crippen LogP contribution in [0.4, 0.5) is 0 Å². The van der Waals surface area contributed by atoms with Gasteiger partial charge in [-0.05, 0) is 12.8 Å². The molecule has 88 valence electrons. The van der Waals surface area contributed by atoms with Gasteiger partial charge in [0, 0.05) is 32.2 Å². The van der Waals surface area contributed by atoms with E-state index in [4.69, 9.17) is 4.74 Å². The molecule has 1 fully saturated rings. The zero-order chi connectivity index (χ0) is 11.6. The van der Waals surface area contributed by atoms with Gasteiger partial charge in [-0.2, -0.15) is 0 Å². The van der Waals surface area contributed by atoms with E-state index in [0.717, 1.165) is 0 Å². The molecule has 6 nitrogen and oxygen atoms in total. The highest BCUT2D eigenvalue weighted by molar-refractivity contribution is 5.74. The molecule has 0 radical (unpaired) electrons. The van der Waals surface area contributed by atoms with Crippen molar-refractivity contribution in [2.75, 3.05) is 13.2 Å². The van der Waals surface area contributed by atoms with E-state index in [1.807, 2.05) is 0 Å². The van der Waals surface area contributed by atoms with Crippen molar-refractivity contribution in [2.24, 2.45) is 5.41 Å². The van der Waals surface area contributed by atoms with E-state index in [2.05, 4.69) is 4.98 Å². The number of H-pyrrole nitrogens is 1. The first kappa shape index (κ1) is 10.9. The SMILES string of the molecule is O=C(O)C1(Cn2cc[nH]c2=O)CCOCC1. The number of carboxylic acid groups (broad SMARTS) is 1. The van der Waals surface area contributed by atoms with Gasteiger partial charge in [0.25, 0.3) is 0 Å². The predicted octanol–water partition coefficient (Wildman–Crippen LogP) is 0.0578. The summed E-state index contributed by atoms with van der Waals surface area (Å²) in [6.45, 7) is 1.07. The van der Waals surface area contributed by atoms with Gasteiger partial charge in [-0.1, -0.05) is 0 Å². The highest BCUT2D eigenvalue weighted by Crippen LogP contribution is 2.32. The van der Waals surface area contributed by atoms with Crippen LogP contribution in [0.2, 0.25) is 0 Å². The number of aromatic amines is 1. The molecule has 0 aromatic carbocycles. The third-order valence-electron chi connectivity index (χ3n) is 3.10. The largest absolute Gasteiger partial charge is 0.481 e. The Kier molecular flexibility index (Phi) is 2.82. The Balaban J connectivity index is 2.24. The minimum absolute atomic E-state index is 0.202. The summed E-state index contributed by atoms with van der Waals surface area (Å²) < 4.78 is 6.57. The van der Waals surface area contributed by atoms with Crippen molar-refractivity contribution in [3.05, 3.63) is 22.9 Å². The predicted molar refractivity (Wildman–Crippen MR) is 55.2 cm³/mol. The van der Waals surface area contributed by atoms with Gasteiger partial charge in [0.15, 0.2) is 0 Å². The standard InChI is InChI=1S/C10H14N2O4/c13-8(14)10(1-5-16-6-2-10)7-12-4-3-11-9(12)15/h3-4H,1-2,5-7H2,(H,11,15)(H,13,14). The molecule has 6 heteroatoms. The minimum atomic E-state index is -0.871. The Morgan fingerprint density at radius 1 is 1.56 bits per heavy atom. The summed E-state index contributed by atoms with van der Waals surface area (Å²) in [4.78, 5) is 25.2. The maximum absolute atomic E-state index is 11.3. The lowest BCUT2D eigenvalue weighted by Crippen LogP contribution is -2.42. The van der Waals surface area contributed by atoms with Crippen LogP contribution in [0.5, 0.6) is 0 Å². The molecule has 16 heavy (non-hydrogen) atoms. The minimum Gasteiger partial charge on any atom is -0.481 e. The Bertz CT molecular complexity index is 428. The lowest BCUT2D eigenvalue weighted by Gasteiger charge is -2.32. The fourth-order valence-electron chi connectivity index (χ4n) is 2.00. The third-order valence-corrected chi connectivity index (χ3v) is 3.10. The number of hydrogen-bond donors (Lipinski definition) is 2. The molecule has 0 amide bonds. The summed E-state index contributed by atoms with van der Waals surface area (Å²) in [5.74, 6) is -0.858. The Labute approximate surface area is 91.8 Å². The maximum Gasteiger partial charge on any atom is 0.325 e. The first-order valence-corrected chi connectivity index (χ1v) is 5.19. The molecule has 2 heterocycles. The molecule has 0 atom stereocenters. The van der Waals surface area contributed by atoms with Crippen LogP contribution in [-0.4, -0.2) is 33.8 Å². The van der Waals surface area contributed by atoms with Crippen LogP contribution in [0.3, 0.4) is 0 Å². The van der Waals surface area contributed by atoms with Crippen LogP contribution in [0.25, 0.3) is 0 Å². The van der Waals surface area contributed by atoms with E-state index in [-0.39, 0.29) is 12.2 Å². The molecular formula is C10H14N2O4. The van der Waals surface area contributed by atoms with Gasteiger partial charge >= 0.3 is 11.7 Å². The highest BCUT2D eigenvalue weighted by atomic mass is 16.5.